The van der Waals surface area contributed by atoms with E-state index in [9.17, 15) is 16.8 Å². The molecule has 0 fully saturated rings. The van der Waals surface area contributed by atoms with Gasteiger partial charge in [-0.2, -0.15) is 0 Å². The number of sulfonamides is 1. The molecule has 0 unspecified atom stereocenters. The van der Waals surface area contributed by atoms with Gasteiger partial charge in [-0.05, 0) is 31.7 Å². The molecule has 0 aliphatic heterocycles. The van der Waals surface area contributed by atoms with Gasteiger partial charge in [0.1, 0.15) is 0 Å². The Bertz CT molecular complexity index is 675. The van der Waals surface area contributed by atoms with Crippen LogP contribution in [0, 0.1) is 0 Å². The van der Waals surface area contributed by atoms with E-state index in [0.29, 0.717) is 0 Å². The summed E-state index contributed by atoms with van der Waals surface area (Å²) >= 11 is 0. The second-order valence-corrected chi connectivity index (χ2v) is 8.73. The van der Waals surface area contributed by atoms with Gasteiger partial charge in [0.25, 0.3) is 0 Å². The molecule has 0 bridgehead atoms. The third-order valence-electron chi connectivity index (χ3n) is 2.99. The number of likely N-dealkylation sites (N-methyl/N-ethyl adjacent to an activating group) is 1. The zero-order chi connectivity index (χ0) is 16.1. The first-order chi connectivity index (χ1) is 9.73. The number of rotatable bonds is 8. The van der Waals surface area contributed by atoms with Gasteiger partial charge in [0.05, 0.1) is 15.5 Å². The maximum absolute atomic E-state index is 12.2. The van der Waals surface area contributed by atoms with Crippen LogP contribution in [-0.2, 0) is 19.9 Å². The zero-order valence-electron chi connectivity index (χ0n) is 12.9. The highest BCUT2D eigenvalue weighted by Gasteiger charge is 2.18. The minimum Gasteiger partial charge on any atom is -0.313 e. The molecule has 0 aliphatic rings. The Morgan fingerprint density at radius 1 is 1.09 bits per heavy atom. The van der Waals surface area contributed by atoms with Gasteiger partial charge >= 0.3 is 0 Å². The van der Waals surface area contributed by atoms with Gasteiger partial charge in [0, 0.05) is 12.6 Å². The first-order valence-electron chi connectivity index (χ1n) is 6.78. The third kappa shape index (κ3) is 5.85. The Morgan fingerprint density at radius 3 is 2.23 bits per heavy atom. The fraction of sp³-hybridized carbons (Fsp3) is 0.538. The highest BCUT2D eigenvalue weighted by molar-refractivity contribution is 7.91. The number of nitrogens with one attached hydrogen (secondary N) is 2. The Labute approximate surface area is 139 Å². The molecule has 0 heterocycles. The minimum atomic E-state index is -3.72. The van der Waals surface area contributed by atoms with E-state index in [1.165, 1.54) is 31.2 Å². The van der Waals surface area contributed by atoms with Crippen LogP contribution >= 0.6 is 12.4 Å². The summed E-state index contributed by atoms with van der Waals surface area (Å²) in [6.07, 6.45) is 0. The van der Waals surface area contributed by atoms with Crippen LogP contribution in [0.4, 0.5) is 0 Å². The molecule has 0 amide bonds. The first kappa shape index (κ1) is 21.3. The monoisotopic (exact) mass is 370 g/mol. The molecule has 0 saturated heterocycles. The highest BCUT2D eigenvalue weighted by Crippen LogP contribution is 2.16. The smallest absolute Gasteiger partial charge is 0.240 e. The summed E-state index contributed by atoms with van der Waals surface area (Å²) in [4.78, 5) is -0.0201. The van der Waals surface area contributed by atoms with E-state index in [2.05, 4.69) is 10.0 Å². The molecule has 0 aliphatic carbocycles. The summed E-state index contributed by atoms with van der Waals surface area (Å²) in [5.74, 6) is -0.0681. The van der Waals surface area contributed by atoms with E-state index in [0.717, 1.165) is 6.54 Å². The van der Waals surface area contributed by atoms with Crippen molar-refractivity contribution < 1.29 is 16.8 Å². The number of benzene rings is 1. The molecule has 2 N–H and O–H groups in total. The van der Waals surface area contributed by atoms with Crippen molar-refractivity contribution in [3.63, 3.8) is 0 Å². The van der Waals surface area contributed by atoms with Gasteiger partial charge in [-0.3, -0.25) is 0 Å². The van der Waals surface area contributed by atoms with Gasteiger partial charge in [-0.25, -0.2) is 21.6 Å². The van der Waals surface area contributed by atoms with Gasteiger partial charge in [-0.1, -0.05) is 19.9 Å². The molecular weight excluding hydrogens is 348 g/mol. The van der Waals surface area contributed by atoms with Gasteiger partial charge in [-0.15, -0.1) is 12.4 Å². The maximum atomic E-state index is 12.2. The van der Waals surface area contributed by atoms with Crippen LogP contribution in [0.3, 0.4) is 0 Å². The lowest BCUT2D eigenvalue weighted by atomic mass is 10.3. The summed E-state index contributed by atoms with van der Waals surface area (Å²) in [6.45, 7) is 6.30. The SMILES string of the molecule is CCN[C@H](C)CNS(=O)(=O)c1cccc(S(=O)(=O)CC)c1.Cl. The first-order valence-corrected chi connectivity index (χ1v) is 9.92. The minimum absolute atomic E-state index is 0. The van der Waals surface area contributed by atoms with E-state index in [1.807, 2.05) is 13.8 Å². The predicted molar refractivity (Wildman–Crippen MR) is 89.7 cm³/mol. The van der Waals surface area contributed by atoms with E-state index >= 15 is 0 Å². The van der Waals surface area contributed by atoms with E-state index in [-0.39, 0.29) is 40.5 Å². The van der Waals surface area contributed by atoms with Crippen molar-refractivity contribution in [3.05, 3.63) is 24.3 Å². The lowest BCUT2D eigenvalue weighted by molar-refractivity contribution is 0.536. The van der Waals surface area contributed by atoms with Gasteiger partial charge in [0.15, 0.2) is 9.84 Å². The van der Waals surface area contributed by atoms with E-state index in [4.69, 9.17) is 0 Å². The molecule has 128 valence electrons. The van der Waals surface area contributed by atoms with Crippen molar-refractivity contribution in [2.45, 2.75) is 36.6 Å². The molecule has 0 radical (unpaired) electrons. The van der Waals surface area contributed by atoms with Gasteiger partial charge in [0.2, 0.25) is 10.0 Å². The van der Waals surface area contributed by atoms with Crippen LogP contribution in [-0.4, -0.2) is 41.7 Å². The maximum Gasteiger partial charge on any atom is 0.240 e. The van der Waals surface area contributed by atoms with Crippen molar-refractivity contribution in [1.82, 2.24) is 10.0 Å². The lowest BCUT2D eigenvalue weighted by Crippen LogP contribution is -2.38. The van der Waals surface area contributed by atoms with Gasteiger partial charge < -0.3 is 5.32 Å². The molecule has 1 atom stereocenters. The topological polar surface area (TPSA) is 92.3 Å². The number of halogens is 1. The average molecular weight is 371 g/mol. The molecule has 1 aromatic rings. The number of sulfone groups is 1. The summed E-state index contributed by atoms with van der Waals surface area (Å²) < 4.78 is 50.4. The number of hydrogen-bond acceptors (Lipinski definition) is 5. The molecule has 0 saturated carbocycles. The van der Waals surface area contributed by atoms with Crippen LogP contribution in [0.15, 0.2) is 34.1 Å². The second kappa shape index (κ2) is 8.83. The molecule has 0 spiro atoms. The Kier molecular flexibility index (Phi) is 8.56. The zero-order valence-corrected chi connectivity index (χ0v) is 15.3. The van der Waals surface area contributed by atoms with Crippen molar-refractivity contribution in [2.75, 3.05) is 18.8 Å². The molecule has 1 rings (SSSR count). The van der Waals surface area contributed by atoms with Crippen molar-refractivity contribution >= 4 is 32.3 Å². The lowest BCUT2D eigenvalue weighted by Gasteiger charge is -2.14. The van der Waals surface area contributed by atoms with Crippen molar-refractivity contribution in [1.29, 1.82) is 0 Å². The van der Waals surface area contributed by atoms with E-state index in [1.54, 1.807) is 0 Å². The average Bonchev–Trinajstić information content (AvgIpc) is 2.46. The molecule has 9 heteroatoms. The Hall–Kier alpha value is -0.670. The number of hydrogen-bond donors (Lipinski definition) is 2. The molecule has 1 aromatic carbocycles. The van der Waals surface area contributed by atoms with Crippen LogP contribution in [0.5, 0.6) is 0 Å². The van der Waals surface area contributed by atoms with Crippen molar-refractivity contribution in [2.24, 2.45) is 0 Å². The van der Waals surface area contributed by atoms with Crippen LogP contribution in [0.25, 0.3) is 0 Å². The van der Waals surface area contributed by atoms with E-state index < -0.39 is 19.9 Å². The fourth-order valence-electron chi connectivity index (χ4n) is 1.74. The molecule has 22 heavy (non-hydrogen) atoms. The van der Waals surface area contributed by atoms with Crippen LogP contribution in [0.1, 0.15) is 20.8 Å². The largest absolute Gasteiger partial charge is 0.313 e. The Balaban J connectivity index is 0.00000441. The fourth-order valence-corrected chi connectivity index (χ4v) is 3.92. The summed E-state index contributed by atoms with van der Waals surface area (Å²) in [7, 11) is -7.14. The molecule has 6 nitrogen and oxygen atoms in total. The van der Waals surface area contributed by atoms with Crippen LogP contribution in [0.2, 0.25) is 0 Å². The standard InChI is InChI=1S/C13H22N2O4S2.ClH/c1-4-14-11(3)10-15-21(18,19)13-8-6-7-12(9-13)20(16,17)5-2;/h6-9,11,14-15H,4-5,10H2,1-3H3;1H/t11-;/m1./s1. The third-order valence-corrected chi connectivity index (χ3v) is 6.14. The summed E-state index contributed by atoms with van der Waals surface area (Å²) in [5, 5.41) is 3.09. The summed E-state index contributed by atoms with van der Waals surface area (Å²) in [6, 6.07) is 5.41. The highest BCUT2D eigenvalue weighted by atomic mass is 35.5. The van der Waals surface area contributed by atoms with Crippen molar-refractivity contribution in [3.8, 4) is 0 Å². The predicted octanol–water partition coefficient (Wildman–Crippen LogP) is 1.18. The summed E-state index contributed by atoms with van der Waals surface area (Å²) in [5.41, 5.74) is 0. The molecule has 0 aromatic heterocycles. The second-order valence-electron chi connectivity index (χ2n) is 4.69. The Morgan fingerprint density at radius 2 is 1.68 bits per heavy atom. The molecular formula is C13H23ClN2O4S2. The quantitative estimate of drug-likeness (QED) is 0.716. The van der Waals surface area contributed by atoms with Crippen LogP contribution < -0.4 is 10.0 Å². The normalized spacial score (nSPS) is 13.4.